The number of pyridine rings is 1. The predicted molar refractivity (Wildman–Crippen MR) is 132 cm³/mol. The number of halogens is 4. The highest BCUT2D eigenvalue weighted by Gasteiger charge is 2.27. The Morgan fingerprint density at radius 3 is 2.46 bits per heavy atom. The number of carbonyl (C=O) groups excluding carboxylic acids is 2. The fourth-order valence-corrected chi connectivity index (χ4v) is 4.25. The first kappa shape index (κ1) is 25.7. The average molecular weight is 524 g/mol. The maximum Gasteiger partial charge on any atom is 0.328 e. The molecule has 0 aliphatic carbocycles. The minimum absolute atomic E-state index is 0.0907. The van der Waals surface area contributed by atoms with Crippen LogP contribution in [0, 0.1) is 24.0 Å². The summed E-state index contributed by atoms with van der Waals surface area (Å²) in [5.41, 5.74) is 0.337. The summed E-state index contributed by atoms with van der Waals surface area (Å²) in [6, 6.07) is 10.4. The SMILES string of the molecule is [C-]#[N+]c1ccc(-c2c(F)cc(C[C@H](NC(=O)c3c(F)cccc3F)C(=O)OC)c3cccnc23)c(Cl)c1. The minimum Gasteiger partial charge on any atom is -0.467 e. The van der Waals surface area contributed by atoms with E-state index in [0.717, 1.165) is 25.3 Å². The number of nitrogens with zero attached hydrogens (tertiary/aromatic N) is 2. The molecule has 1 atom stereocenters. The summed E-state index contributed by atoms with van der Waals surface area (Å²) in [6.45, 7) is 7.13. The van der Waals surface area contributed by atoms with E-state index in [4.69, 9.17) is 22.9 Å². The number of aromatic nitrogens is 1. The summed E-state index contributed by atoms with van der Waals surface area (Å²) < 4.78 is 48.5. The van der Waals surface area contributed by atoms with Crippen molar-refractivity contribution in [3.8, 4) is 11.1 Å². The van der Waals surface area contributed by atoms with Gasteiger partial charge in [-0.1, -0.05) is 35.9 Å². The van der Waals surface area contributed by atoms with Crippen molar-refractivity contribution < 1.29 is 27.5 Å². The van der Waals surface area contributed by atoms with Gasteiger partial charge in [0.1, 0.15) is 29.1 Å². The van der Waals surface area contributed by atoms with Crippen molar-refractivity contribution in [2.45, 2.75) is 12.5 Å². The lowest BCUT2D eigenvalue weighted by Crippen LogP contribution is -2.43. The van der Waals surface area contributed by atoms with Gasteiger partial charge in [0.25, 0.3) is 5.91 Å². The molecule has 1 heterocycles. The first-order valence-electron chi connectivity index (χ1n) is 10.8. The largest absolute Gasteiger partial charge is 0.467 e. The Balaban J connectivity index is 1.77. The molecule has 6 nitrogen and oxygen atoms in total. The van der Waals surface area contributed by atoms with Crippen LogP contribution in [0.5, 0.6) is 0 Å². The van der Waals surface area contributed by atoms with Crippen molar-refractivity contribution in [1.82, 2.24) is 10.3 Å². The van der Waals surface area contributed by atoms with Gasteiger partial charge < -0.3 is 10.1 Å². The van der Waals surface area contributed by atoms with Gasteiger partial charge in [0.05, 0.1) is 19.2 Å². The molecule has 10 heteroatoms. The van der Waals surface area contributed by atoms with E-state index in [1.54, 1.807) is 12.1 Å². The first-order valence-corrected chi connectivity index (χ1v) is 11.2. The van der Waals surface area contributed by atoms with E-state index in [9.17, 15) is 18.4 Å². The molecular weight excluding hydrogens is 507 g/mol. The maximum absolute atomic E-state index is 15.5. The second-order valence-corrected chi connectivity index (χ2v) is 8.33. The molecule has 1 aromatic heterocycles. The highest BCUT2D eigenvalue weighted by Crippen LogP contribution is 2.38. The second kappa shape index (κ2) is 10.7. The lowest BCUT2D eigenvalue weighted by molar-refractivity contribution is -0.142. The molecule has 4 aromatic rings. The van der Waals surface area contributed by atoms with E-state index in [0.29, 0.717) is 10.9 Å². The average Bonchev–Trinajstić information content (AvgIpc) is 2.88. The van der Waals surface area contributed by atoms with Gasteiger partial charge >= 0.3 is 5.97 Å². The summed E-state index contributed by atoms with van der Waals surface area (Å²) in [5, 5.41) is 2.88. The van der Waals surface area contributed by atoms with Gasteiger partial charge in [-0.05, 0) is 35.9 Å². The first-order chi connectivity index (χ1) is 17.7. The topological polar surface area (TPSA) is 72.7 Å². The van der Waals surface area contributed by atoms with Crippen LogP contribution in [0.1, 0.15) is 15.9 Å². The molecule has 186 valence electrons. The Hall–Kier alpha value is -4.42. The summed E-state index contributed by atoms with van der Waals surface area (Å²) in [7, 11) is 1.09. The summed E-state index contributed by atoms with van der Waals surface area (Å²) in [5.74, 6) is -4.99. The normalized spacial score (nSPS) is 11.6. The van der Waals surface area contributed by atoms with Crippen molar-refractivity contribution in [3.63, 3.8) is 0 Å². The molecule has 0 radical (unpaired) electrons. The molecule has 3 aromatic carbocycles. The lowest BCUT2D eigenvalue weighted by atomic mass is 9.94. The zero-order chi connectivity index (χ0) is 26.7. The van der Waals surface area contributed by atoms with E-state index in [1.165, 1.54) is 30.5 Å². The van der Waals surface area contributed by atoms with Gasteiger partial charge in [-0.2, -0.15) is 0 Å². The Labute approximate surface area is 214 Å². The fourth-order valence-electron chi connectivity index (χ4n) is 3.98. The van der Waals surface area contributed by atoms with Crippen LogP contribution in [-0.2, 0) is 16.0 Å². The van der Waals surface area contributed by atoms with Crippen LogP contribution in [0.15, 0.2) is 60.8 Å². The van der Waals surface area contributed by atoms with Gasteiger partial charge in [-0.15, -0.1) is 0 Å². The Kier molecular flexibility index (Phi) is 7.41. The molecule has 0 fully saturated rings. The van der Waals surface area contributed by atoms with Crippen LogP contribution < -0.4 is 5.32 Å². The van der Waals surface area contributed by atoms with Gasteiger partial charge in [-0.25, -0.2) is 22.8 Å². The highest BCUT2D eigenvalue weighted by molar-refractivity contribution is 6.34. The van der Waals surface area contributed by atoms with Gasteiger partial charge in [0.2, 0.25) is 0 Å². The number of hydrogen-bond donors (Lipinski definition) is 1. The Morgan fingerprint density at radius 2 is 1.81 bits per heavy atom. The number of esters is 1. The van der Waals surface area contributed by atoms with E-state index >= 15 is 4.39 Å². The van der Waals surface area contributed by atoms with E-state index in [1.807, 2.05) is 0 Å². The van der Waals surface area contributed by atoms with E-state index in [-0.39, 0.29) is 33.8 Å². The van der Waals surface area contributed by atoms with Crippen molar-refractivity contribution in [2.24, 2.45) is 0 Å². The fraction of sp³-hybridized carbons (Fsp3) is 0.111. The highest BCUT2D eigenvalue weighted by atomic mass is 35.5. The van der Waals surface area contributed by atoms with Crippen molar-refractivity contribution in [3.05, 3.63) is 106 Å². The van der Waals surface area contributed by atoms with Crippen LogP contribution in [0.25, 0.3) is 26.9 Å². The van der Waals surface area contributed by atoms with Crippen LogP contribution >= 0.6 is 11.6 Å². The molecular formula is C27H17ClF3N3O3. The third kappa shape index (κ3) is 5.10. The number of hydrogen-bond acceptors (Lipinski definition) is 4. The number of rotatable bonds is 6. The number of methoxy groups -OCH3 is 1. The van der Waals surface area contributed by atoms with Crippen molar-refractivity contribution >= 4 is 40.1 Å². The molecule has 4 rings (SSSR count). The second-order valence-electron chi connectivity index (χ2n) is 7.92. The number of fused-ring (bicyclic) bond motifs is 1. The van der Waals surface area contributed by atoms with Crippen LogP contribution in [0.2, 0.25) is 5.02 Å². The molecule has 37 heavy (non-hydrogen) atoms. The monoisotopic (exact) mass is 523 g/mol. The van der Waals surface area contributed by atoms with Crippen LogP contribution in [0.3, 0.4) is 0 Å². The van der Waals surface area contributed by atoms with Gasteiger partial charge in [0.15, 0.2) is 5.69 Å². The number of benzene rings is 3. The third-order valence-corrected chi connectivity index (χ3v) is 6.00. The van der Waals surface area contributed by atoms with Crippen molar-refractivity contribution in [2.75, 3.05) is 7.11 Å². The molecule has 0 saturated heterocycles. The molecule has 0 aliphatic heterocycles. The van der Waals surface area contributed by atoms with E-state index < -0.39 is 40.9 Å². The lowest BCUT2D eigenvalue weighted by Gasteiger charge is -2.19. The van der Waals surface area contributed by atoms with Gasteiger partial charge in [-0.3, -0.25) is 9.78 Å². The molecule has 1 N–H and O–H groups in total. The molecule has 0 bridgehead atoms. The summed E-state index contributed by atoms with van der Waals surface area (Å²) >= 11 is 6.33. The summed E-state index contributed by atoms with van der Waals surface area (Å²) in [4.78, 5) is 32.8. The molecule has 0 saturated carbocycles. The molecule has 1 amide bonds. The summed E-state index contributed by atoms with van der Waals surface area (Å²) in [6.07, 6.45) is 1.19. The molecule has 0 spiro atoms. The quantitative estimate of drug-likeness (QED) is 0.247. The number of ether oxygens (including phenoxy) is 1. The number of carbonyl (C=O) groups is 2. The predicted octanol–water partition coefficient (Wildman–Crippen LogP) is 6.04. The third-order valence-electron chi connectivity index (χ3n) is 5.69. The molecule has 0 unspecified atom stereocenters. The Bertz CT molecular complexity index is 1570. The smallest absolute Gasteiger partial charge is 0.328 e. The van der Waals surface area contributed by atoms with E-state index in [2.05, 4.69) is 15.1 Å². The zero-order valence-electron chi connectivity index (χ0n) is 19.2. The standard InChI is InChI=1S/C27H17ClF3N3O3/c1-32-15-8-9-17(18(28)13-15)23-21(31)11-14(16-5-4-10-33-25(16)23)12-22(27(36)37-2)34-26(35)24-19(29)6-3-7-20(24)30/h3-11,13,22H,12H2,2H3,(H,34,35)/t22-/m0/s1. The van der Waals surface area contributed by atoms with Crippen LogP contribution in [0.4, 0.5) is 18.9 Å². The van der Waals surface area contributed by atoms with Crippen LogP contribution in [-0.4, -0.2) is 30.0 Å². The maximum atomic E-state index is 15.5. The van der Waals surface area contributed by atoms with Gasteiger partial charge in [0, 0.05) is 34.2 Å². The number of nitrogens with one attached hydrogen (secondary N) is 1. The number of amides is 1. The minimum atomic E-state index is -1.40. The zero-order valence-corrected chi connectivity index (χ0v) is 19.9. The Morgan fingerprint density at radius 1 is 1.08 bits per heavy atom. The molecule has 0 aliphatic rings. The van der Waals surface area contributed by atoms with Crippen molar-refractivity contribution in [1.29, 1.82) is 0 Å².